The number of aliphatic hydroxyl groups is 6. The lowest BCUT2D eigenvalue weighted by molar-refractivity contribution is -0.365. The van der Waals surface area contributed by atoms with Crippen molar-refractivity contribution in [1.82, 2.24) is 0 Å². The summed E-state index contributed by atoms with van der Waals surface area (Å²) >= 11 is 0. The molecule has 14 heteroatoms. The van der Waals surface area contributed by atoms with Crippen LogP contribution in [0, 0.1) is 50.2 Å². The van der Waals surface area contributed by atoms with Gasteiger partial charge in [-0.3, -0.25) is 4.79 Å². The molecule has 0 radical (unpaired) electrons. The minimum Gasteiger partial charge on any atom is -0.481 e. The number of rotatable bonds is 7. The number of hydrogen-bond acceptors (Lipinski definition) is 12. The first-order valence-electron chi connectivity index (χ1n) is 20.8. The molecule has 7 rings (SSSR count). The monoisotopic (exact) mass is 794 g/mol. The Labute approximate surface area is 329 Å². The fraction of sp³-hybridized carbons (Fsp3) is 0.905. The van der Waals surface area contributed by atoms with Crippen LogP contribution in [-0.2, 0) is 28.5 Å². The third-order valence-electron chi connectivity index (χ3n) is 17.2. The Kier molecular flexibility index (Phi) is 10.8. The zero-order valence-electron chi connectivity index (χ0n) is 34.0. The Balaban J connectivity index is 1.13. The van der Waals surface area contributed by atoms with E-state index in [1.54, 1.807) is 0 Å². The molecule has 2 saturated heterocycles. The van der Waals surface area contributed by atoms with Gasteiger partial charge in [-0.1, -0.05) is 60.1 Å². The molecule has 0 aromatic carbocycles. The lowest BCUT2D eigenvalue weighted by Crippen LogP contribution is -2.67. The van der Waals surface area contributed by atoms with Crippen LogP contribution in [0.1, 0.15) is 113 Å². The lowest BCUT2D eigenvalue weighted by atomic mass is 9.33. The summed E-state index contributed by atoms with van der Waals surface area (Å²) in [6.07, 6.45) is -7.02. The van der Waals surface area contributed by atoms with Crippen LogP contribution in [0.5, 0.6) is 0 Å². The predicted octanol–water partition coefficient (Wildman–Crippen LogP) is 2.97. The first-order chi connectivity index (χ1) is 26.0. The van der Waals surface area contributed by atoms with Gasteiger partial charge in [-0.15, -0.1) is 0 Å². The molecule has 2 aliphatic heterocycles. The summed E-state index contributed by atoms with van der Waals surface area (Å²) in [7, 11) is 0. The van der Waals surface area contributed by atoms with Crippen molar-refractivity contribution in [2.24, 2.45) is 50.2 Å². The molecule has 0 bridgehead atoms. The van der Waals surface area contributed by atoms with E-state index in [1.165, 1.54) is 5.57 Å². The van der Waals surface area contributed by atoms with E-state index in [2.05, 4.69) is 54.5 Å². The summed E-state index contributed by atoms with van der Waals surface area (Å²) in [4.78, 5) is 25.4. The highest BCUT2D eigenvalue weighted by atomic mass is 16.7. The molecule has 18 atom stereocenters. The predicted molar refractivity (Wildman–Crippen MR) is 198 cm³/mol. The number of carboxylic acids is 2. The number of aliphatic carboxylic acids is 2. The molecular formula is C42H66O14. The smallest absolute Gasteiger partial charge is 0.335 e. The highest BCUT2D eigenvalue weighted by molar-refractivity contribution is 5.76. The molecule has 1 unspecified atom stereocenters. The zero-order chi connectivity index (χ0) is 41.1. The van der Waals surface area contributed by atoms with Crippen molar-refractivity contribution in [1.29, 1.82) is 0 Å². The number of aliphatic hydroxyl groups excluding tert-OH is 6. The van der Waals surface area contributed by atoms with Gasteiger partial charge in [-0.25, -0.2) is 4.79 Å². The Morgan fingerprint density at radius 2 is 1.41 bits per heavy atom. The van der Waals surface area contributed by atoms with Crippen LogP contribution in [0.4, 0.5) is 0 Å². The van der Waals surface area contributed by atoms with Crippen LogP contribution in [0.3, 0.4) is 0 Å². The standard InChI is InChI=1S/C42H66O14/c1-37(2)14-16-42(36(51)52)17-15-40(6)20(21(42)18-37)8-9-24-39(5)12-11-25(38(3,4)23(39)10-13-41(24,40)7)54-35-30(48)31(29(47)32(56-35)33(49)50)55-34-28(46)27(45)26(44)22(19-43)53-34/h8,21-32,34-35,43-48H,9-19H2,1-7H3,(H,49,50)(H,51,52)/t21?,22-,23+,24-,25+,26-,27+,28-,29+,30-,31+,32+,34+,35-,39+,40-,41-,42+/m1/s1. The molecule has 0 aromatic heterocycles. The molecule has 7 aliphatic rings. The number of fused-ring (bicyclic) bond motifs is 7. The van der Waals surface area contributed by atoms with Crippen molar-refractivity contribution in [3.05, 3.63) is 11.6 Å². The molecule has 56 heavy (non-hydrogen) atoms. The first-order valence-corrected chi connectivity index (χ1v) is 20.8. The highest BCUT2D eigenvalue weighted by Crippen LogP contribution is 2.76. The molecule has 14 nitrogen and oxygen atoms in total. The summed E-state index contributed by atoms with van der Waals surface area (Å²) < 4.78 is 23.5. The number of allylic oxidation sites excluding steroid dienone is 2. The van der Waals surface area contributed by atoms with Crippen LogP contribution in [0.2, 0.25) is 0 Å². The van der Waals surface area contributed by atoms with E-state index in [0.29, 0.717) is 18.8 Å². The Bertz CT molecular complexity index is 1560. The van der Waals surface area contributed by atoms with Crippen LogP contribution >= 0.6 is 0 Å². The van der Waals surface area contributed by atoms with Crippen LogP contribution in [-0.4, -0.2) is 127 Å². The largest absolute Gasteiger partial charge is 0.481 e. The molecule has 318 valence electrons. The fourth-order valence-corrected chi connectivity index (χ4v) is 13.7. The van der Waals surface area contributed by atoms with Crippen molar-refractivity contribution in [3.8, 4) is 0 Å². The zero-order valence-corrected chi connectivity index (χ0v) is 34.0. The van der Waals surface area contributed by atoms with E-state index < -0.39 is 96.9 Å². The Morgan fingerprint density at radius 1 is 0.750 bits per heavy atom. The maximum atomic E-state index is 13.0. The molecule has 2 heterocycles. The van der Waals surface area contributed by atoms with E-state index in [1.807, 2.05) is 0 Å². The maximum Gasteiger partial charge on any atom is 0.335 e. The second kappa shape index (κ2) is 14.2. The van der Waals surface area contributed by atoms with Crippen molar-refractivity contribution in [2.45, 2.75) is 180 Å². The first kappa shape index (κ1) is 42.4. The van der Waals surface area contributed by atoms with Crippen molar-refractivity contribution >= 4 is 11.9 Å². The summed E-state index contributed by atoms with van der Waals surface area (Å²) in [6, 6.07) is 0. The quantitative estimate of drug-likeness (QED) is 0.137. The summed E-state index contributed by atoms with van der Waals surface area (Å²) in [5.74, 6) is -1.64. The van der Waals surface area contributed by atoms with Gasteiger partial charge in [0, 0.05) is 0 Å². The summed E-state index contributed by atoms with van der Waals surface area (Å²) in [5, 5.41) is 84.1. The molecule has 4 saturated carbocycles. The number of carboxylic acid groups (broad SMARTS) is 2. The van der Waals surface area contributed by atoms with E-state index in [0.717, 1.165) is 51.4 Å². The summed E-state index contributed by atoms with van der Waals surface area (Å²) in [6.45, 7) is 15.4. The van der Waals surface area contributed by atoms with Gasteiger partial charge in [0.2, 0.25) is 0 Å². The average Bonchev–Trinajstić information content (AvgIpc) is 3.11. The highest BCUT2D eigenvalue weighted by Gasteiger charge is 2.69. The van der Waals surface area contributed by atoms with Crippen molar-refractivity contribution in [3.63, 3.8) is 0 Å². The van der Waals surface area contributed by atoms with Gasteiger partial charge in [-0.2, -0.15) is 0 Å². The van der Waals surface area contributed by atoms with Gasteiger partial charge in [0.1, 0.15) is 42.7 Å². The molecule has 0 amide bonds. The van der Waals surface area contributed by atoms with E-state index >= 15 is 0 Å². The molecular weight excluding hydrogens is 728 g/mol. The van der Waals surface area contributed by atoms with Crippen molar-refractivity contribution < 1.29 is 69.4 Å². The van der Waals surface area contributed by atoms with E-state index in [-0.39, 0.29) is 33.5 Å². The SMILES string of the molecule is CC1(C)CC[C@]2(C(=O)O)CC[C@]3(C)C(=CC[C@@H]4[C@@]5(C)CC[C@H](O[C@@H]6O[C@H](C(=O)O)[C@@H](O)[C@H](O[C@@H]7O[C@H](CO)[C@@H](O)[C@H](O)[C@H]7O)[C@H]6O)C(C)(C)[C@@H]5CC[C@]43C)C2C1. The lowest BCUT2D eigenvalue weighted by Gasteiger charge is -2.71. The van der Waals surface area contributed by atoms with Crippen LogP contribution in [0.25, 0.3) is 0 Å². The Hall–Kier alpha value is -1.72. The van der Waals surface area contributed by atoms with Gasteiger partial charge >= 0.3 is 11.9 Å². The third kappa shape index (κ3) is 6.17. The molecule has 6 fully saturated rings. The normalized spacial score (nSPS) is 52.3. The molecule has 8 N–H and O–H groups in total. The van der Waals surface area contributed by atoms with Gasteiger partial charge in [0.25, 0.3) is 0 Å². The molecule has 0 spiro atoms. The number of ether oxygens (including phenoxy) is 4. The second-order valence-corrected chi connectivity index (χ2v) is 20.7. The minimum atomic E-state index is -1.93. The minimum absolute atomic E-state index is 0.0231. The maximum absolute atomic E-state index is 13.0. The topological polar surface area (TPSA) is 233 Å². The third-order valence-corrected chi connectivity index (χ3v) is 17.2. The van der Waals surface area contributed by atoms with Crippen LogP contribution < -0.4 is 0 Å². The van der Waals surface area contributed by atoms with E-state index in [9.17, 15) is 50.4 Å². The second-order valence-electron chi connectivity index (χ2n) is 20.7. The molecule has 5 aliphatic carbocycles. The summed E-state index contributed by atoms with van der Waals surface area (Å²) in [5.41, 5.74) is -0.0185. The fourth-order valence-electron chi connectivity index (χ4n) is 13.7. The van der Waals surface area contributed by atoms with Gasteiger partial charge in [-0.05, 0) is 109 Å². The Morgan fingerprint density at radius 3 is 2.05 bits per heavy atom. The van der Waals surface area contributed by atoms with Gasteiger partial charge in [0.15, 0.2) is 18.7 Å². The van der Waals surface area contributed by atoms with Gasteiger partial charge < -0.3 is 59.8 Å². The molecule has 0 aromatic rings. The van der Waals surface area contributed by atoms with Crippen molar-refractivity contribution in [2.75, 3.05) is 6.61 Å². The average molecular weight is 795 g/mol. The van der Waals surface area contributed by atoms with E-state index in [4.69, 9.17) is 18.9 Å². The van der Waals surface area contributed by atoms with Gasteiger partial charge in [0.05, 0.1) is 18.1 Å². The number of hydrogen-bond donors (Lipinski definition) is 8. The number of carbonyl (C=O) groups is 2. The van der Waals surface area contributed by atoms with Crippen LogP contribution in [0.15, 0.2) is 11.6 Å².